The highest BCUT2D eigenvalue weighted by Crippen LogP contribution is 2.43. The van der Waals surface area contributed by atoms with Crippen LogP contribution >= 0.6 is 0 Å². The molecule has 3 aliphatic rings. The predicted molar refractivity (Wildman–Crippen MR) is 83.8 cm³/mol. The molecule has 1 unspecified atom stereocenters. The van der Waals surface area contributed by atoms with E-state index in [0.717, 1.165) is 12.0 Å². The van der Waals surface area contributed by atoms with Crippen LogP contribution in [0.1, 0.15) is 70.3 Å². The summed E-state index contributed by atoms with van der Waals surface area (Å²) in [6, 6.07) is 3.56. The molecular weight excluding hydrogens is 292 g/mol. The third kappa shape index (κ3) is 1.75. The lowest BCUT2D eigenvalue weighted by molar-refractivity contribution is 0.0895. The van der Waals surface area contributed by atoms with E-state index in [1.54, 1.807) is 6.07 Å². The molecule has 4 rings (SSSR count). The quantitative estimate of drug-likeness (QED) is 0.738. The zero-order valence-corrected chi connectivity index (χ0v) is 13.5. The molecule has 2 aliphatic carbocycles. The Morgan fingerprint density at radius 2 is 1.83 bits per heavy atom. The van der Waals surface area contributed by atoms with Crippen LogP contribution in [0.3, 0.4) is 0 Å². The number of ketones is 3. The van der Waals surface area contributed by atoms with Crippen molar-refractivity contribution in [1.82, 2.24) is 0 Å². The van der Waals surface area contributed by atoms with Gasteiger partial charge in [-0.2, -0.15) is 0 Å². The SMILES string of the molecule is CC1COC2=C1C(=O)c1ccc3c(c1C2=O)C(=O)CCC3(C)C. The molecule has 1 aromatic rings. The molecule has 23 heavy (non-hydrogen) atoms. The van der Waals surface area contributed by atoms with E-state index in [1.807, 2.05) is 13.0 Å². The number of carbonyl (C=O) groups is 3. The number of benzene rings is 1. The standard InChI is InChI=1S/C19H18O4/c1-9-8-23-18-13(9)16(21)10-4-5-11-15(14(10)17(18)22)12(20)6-7-19(11,2)3/h4-5,9H,6-8H2,1-3H3. The molecule has 0 aromatic heterocycles. The highest BCUT2D eigenvalue weighted by molar-refractivity contribution is 6.29. The average Bonchev–Trinajstić information content (AvgIpc) is 2.90. The summed E-state index contributed by atoms with van der Waals surface area (Å²) in [5, 5.41) is 0. The van der Waals surface area contributed by atoms with Crippen molar-refractivity contribution in [3.8, 4) is 0 Å². The van der Waals surface area contributed by atoms with Gasteiger partial charge in [0.05, 0.1) is 12.2 Å². The molecule has 0 saturated carbocycles. The number of hydrogen-bond donors (Lipinski definition) is 0. The van der Waals surface area contributed by atoms with Crippen molar-refractivity contribution < 1.29 is 19.1 Å². The zero-order chi connectivity index (χ0) is 16.5. The molecule has 0 fully saturated rings. The predicted octanol–water partition coefficient (Wildman–Crippen LogP) is 3.24. The number of ether oxygens (including phenoxy) is 1. The van der Waals surface area contributed by atoms with Crippen LogP contribution in [0.2, 0.25) is 0 Å². The van der Waals surface area contributed by atoms with Gasteiger partial charge in [-0.05, 0) is 23.5 Å². The van der Waals surface area contributed by atoms with Crippen molar-refractivity contribution in [3.63, 3.8) is 0 Å². The van der Waals surface area contributed by atoms with Gasteiger partial charge in [-0.25, -0.2) is 0 Å². The molecule has 1 aliphatic heterocycles. The minimum absolute atomic E-state index is 0.0487. The second-order valence-corrected chi connectivity index (χ2v) is 7.33. The van der Waals surface area contributed by atoms with Crippen LogP contribution in [0.25, 0.3) is 0 Å². The van der Waals surface area contributed by atoms with Crippen LogP contribution in [-0.2, 0) is 10.2 Å². The molecule has 118 valence electrons. The fraction of sp³-hybridized carbons (Fsp3) is 0.421. The van der Waals surface area contributed by atoms with E-state index in [1.165, 1.54) is 0 Å². The molecule has 0 saturated heterocycles. The minimum Gasteiger partial charge on any atom is -0.488 e. The molecule has 1 aromatic carbocycles. The Morgan fingerprint density at radius 1 is 1.09 bits per heavy atom. The van der Waals surface area contributed by atoms with Gasteiger partial charge in [-0.3, -0.25) is 14.4 Å². The Morgan fingerprint density at radius 3 is 2.57 bits per heavy atom. The van der Waals surface area contributed by atoms with Crippen LogP contribution in [0, 0.1) is 5.92 Å². The van der Waals surface area contributed by atoms with Crippen molar-refractivity contribution in [1.29, 1.82) is 0 Å². The molecule has 4 nitrogen and oxygen atoms in total. The molecule has 1 atom stereocenters. The summed E-state index contributed by atoms with van der Waals surface area (Å²) in [5.41, 5.74) is 2.20. The summed E-state index contributed by atoms with van der Waals surface area (Å²) in [7, 11) is 0. The van der Waals surface area contributed by atoms with Crippen molar-refractivity contribution in [2.75, 3.05) is 6.61 Å². The summed E-state index contributed by atoms with van der Waals surface area (Å²) < 4.78 is 5.48. The molecule has 0 amide bonds. The summed E-state index contributed by atoms with van der Waals surface area (Å²) in [6.07, 6.45) is 1.16. The Kier molecular flexibility index (Phi) is 2.75. The Balaban J connectivity index is 2.02. The molecule has 1 heterocycles. The van der Waals surface area contributed by atoms with Crippen LogP contribution in [0.5, 0.6) is 0 Å². The topological polar surface area (TPSA) is 60.4 Å². The highest BCUT2D eigenvalue weighted by Gasteiger charge is 2.44. The van der Waals surface area contributed by atoms with E-state index in [2.05, 4.69) is 13.8 Å². The highest BCUT2D eigenvalue weighted by atomic mass is 16.5. The second kappa shape index (κ2) is 4.40. The Hall–Kier alpha value is -2.23. The van der Waals surface area contributed by atoms with Gasteiger partial charge in [0, 0.05) is 29.0 Å². The summed E-state index contributed by atoms with van der Waals surface area (Å²) >= 11 is 0. The lowest BCUT2D eigenvalue weighted by Crippen LogP contribution is -2.32. The van der Waals surface area contributed by atoms with E-state index < -0.39 is 0 Å². The molecule has 0 N–H and O–H groups in total. The number of hydrogen-bond acceptors (Lipinski definition) is 4. The second-order valence-electron chi connectivity index (χ2n) is 7.33. The van der Waals surface area contributed by atoms with Crippen LogP contribution < -0.4 is 0 Å². The molecule has 0 bridgehead atoms. The molecule has 0 radical (unpaired) electrons. The van der Waals surface area contributed by atoms with Crippen molar-refractivity contribution >= 4 is 17.3 Å². The summed E-state index contributed by atoms with van der Waals surface area (Å²) in [6.45, 7) is 6.36. The zero-order valence-electron chi connectivity index (χ0n) is 13.5. The smallest absolute Gasteiger partial charge is 0.229 e. The van der Waals surface area contributed by atoms with Gasteiger partial charge < -0.3 is 4.74 Å². The van der Waals surface area contributed by atoms with Crippen molar-refractivity contribution in [3.05, 3.63) is 45.7 Å². The monoisotopic (exact) mass is 310 g/mol. The maximum Gasteiger partial charge on any atom is 0.229 e. The van der Waals surface area contributed by atoms with E-state index in [-0.39, 0.29) is 40.0 Å². The maximum absolute atomic E-state index is 12.9. The van der Waals surface area contributed by atoms with Gasteiger partial charge in [0.1, 0.15) is 0 Å². The Labute approximate surface area is 134 Å². The van der Waals surface area contributed by atoms with Crippen LogP contribution in [0.4, 0.5) is 0 Å². The van der Waals surface area contributed by atoms with Crippen LogP contribution in [0.15, 0.2) is 23.5 Å². The lowest BCUT2D eigenvalue weighted by Gasteiger charge is -2.34. The van der Waals surface area contributed by atoms with E-state index in [4.69, 9.17) is 4.74 Å². The van der Waals surface area contributed by atoms with E-state index >= 15 is 0 Å². The first-order chi connectivity index (χ1) is 10.8. The minimum atomic E-state index is -0.304. The number of fused-ring (bicyclic) bond motifs is 3. The number of Topliss-reactive ketones (excluding diaryl/α,β-unsaturated/α-hetero) is 3. The normalized spacial score (nSPS) is 25.0. The number of allylic oxidation sites excluding steroid dienone is 1. The van der Waals surface area contributed by atoms with Gasteiger partial charge in [-0.15, -0.1) is 0 Å². The van der Waals surface area contributed by atoms with Gasteiger partial charge >= 0.3 is 0 Å². The van der Waals surface area contributed by atoms with Crippen molar-refractivity contribution in [2.45, 2.75) is 39.0 Å². The largest absolute Gasteiger partial charge is 0.488 e. The number of carbonyl (C=O) groups excluding carboxylic acids is 3. The number of rotatable bonds is 0. The third-order valence-electron chi connectivity index (χ3n) is 5.33. The van der Waals surface area contributed by atoms with Gasteiger partial charge in [0.2, 0.25) is 5.78 Å². The lowest BCUT2D eigenvalue weighted by atomic mass is 9.68. The molecular formula is C19H18O4. The maximum atomic E-state index is 12.9. The Bertz CT molecular complexity index is 826. The van der Waals surface area contributed by atoms with Crippen LogP contribution in [-0.4, -0.2) is 24.0 Å². The summed E-state index contributed by atoms with van der Waals surface area (Å²) in [5.74, 6) is -0.454. The first-order valence-corrected chi connectivity index (χ1v) is 8.00. The average molecular weight is 310 g/mol. The van der Waals surface area contributed by atoms with Gasteiger partial charge in [-0.1, -0.05) is 26.8 Å². The van der Waals surface area contributed by atoms with Gasteiger partial charge in [0.15, 0.2) is 17.3 Å². The van der Waals surface area contributed by atoms with Gasteiger partial charge in [0.25, 0.3) is 0 Å². The van der Waals surface area contributed by atoms with Crippen molar-refractivity contribution in [2.24, 2.45) is 5.92 Å². The van der Waals surface area contributed by atoms with E-state index in [9.17, 15) is 14.4 Å². The fourth-order valence-corrected chi connectivity index (χ4v) is 3.93. The summed E-state index contributed by atoms with van der Waals surface area (Å²) in [4.78, 5) is 38.3. The first-order valence-electron chi connectivity index (χ1n) is 8.00. The first kappa shape index (κ1) is 14.4. The molecule has 0 spiro atoms. The molecule has 4 heteroatoms. The third-order valence-corrected chi connectivity index (χ3v) is 5.33. The fourth-order valence-electron chi connectivity index (χ4n) is 3.93. The van der Waals surface area contributed by atoms with E-state index in [0.29, 0.717) is 29.7 Å².